The maximum absolute atomic E-state index is 10.5. The van der Waals surface area contributed by atoms with Gasteiger partial charge in [0.2, 0.25) is 0 Å². The molecule has 0 aliphatic rings. The summed E-state index contributed by atoms with van der Waals surface area (Å²) in [5.41, 5.74) is 3.24. The molecule has 144 valence electrons. The smallest absolute Gasteiger partial charge is 0.303 e. The lowest BCUT2D eigenvalue weighted by atomic mass is 10.1. The molecule has 0 bridgehead atoms. The van der Waals surface area contributed by atoms with Crippen LogP contribution in [0.4, 0.5) is 0 Å². The molecule has 3 N–H and O–H groups in total. The summed E-state index contributed by atoms with van der Waals surface area (Å²) >= 11 is 6.18. The number of fused-ring (bicyclic) bond motifs is 1. The van der Waals surface area contributed by atoms with Crippen LogP contribution in [0.5, 0.6) is 0 Å². The van der Waals surface area contributed by atoms with Crippen LogP contribution in [-0.2, 0) is 11.2 Å². The number of unbranched alkanes of at least 4 members (excludes halogenated alkanes) is 1. The molecule has 5 nitrogen and oxygen atoms in total. The highest BCUT2D eigenvalue weighted by Crippen LogP contribution is 2.28. The lowest BCUT2D eigenvalue weighted by Gasteiger charge is -2.04. The maximum atomic E-state index is 10.5. The summed E-state index contributed by atoms with van der Waals surface area (Å²) in [6.45, 7) is 0. The van der Waals surface area contributed by atoms with Crippen LogP contribution in [0.15, 0.2) is 61.1 Å². The zero-order valence-electron chi connectivity index (χ0n) is 14.6. The molecule has 0 saturated heterocycles. The molecule has 0 unspecified atom stereocenters. The van der Waals surface area contributed by atoms with Gasteiger partial charge in [0.15, 0.2) is 0 Å². The largest absolute Gasteiger partial charge is 0.481 e. The molecule has 1 aromatic carbocycles. The van der Waals surface area contributed by atoms with Gasteiger partial charge in [0.05, 0.1) is 17.4 Å². The second-order valence-corrected chi connectivity index (χ2v) is 6.29. The molecule has 7 heteroatoms. The van der Waals surface area contributed by atoms with Crippen molar-refractivity contribution in [2.24, 2.45) is 0 Å². The van der Waals surface area contributed by atoms with E-state index in [9.17, 15) is 4.79 Å². The van der Waals surface area contributed by atoms with E-state index in [4.69, 9.17) is 16.7 Å². The van der Waals surface area contributed by atoms with E-state index in [-0.39, 0.29) is 24.3 Å². The zero-order chi connectivity index (χ0) is 17.6. The number of benzene rings is 1. The summed E-state index contributed by atoms with van der Waals surface area (Å²) in [6, 6.07) is 9.83. The Morgan fingerprint density at radius 2 is 2.07 bits per heavy atom. The number of hydrogen-bond acceptors (Lipinski definition) is 2. The van der Waals surface area contributed by atoms with E-state index in [2.05, 4.69) is 21.8 Å². The van der Waals surface area contributed by atoms with Gasteiger partial charge in [-0.15, -0.1) is 12.4 Å². The Morgan fingerprint density at radius 1 is 1.26 bits per heavy atom. The highest BCUT2D eigenvalue weighted by molar-refractivity contribution is 6.31. The number of aromatic nitrogens is 2. The monoisotopic (exact) mass is 408 g/mol. The molecule has 0 spiro atoms. The third-order valence-corrected chi connectivity index (χ3v) is 4.28. The third-order valence-electron chi connectivity index (χ3n) is 4.04. The number of carbonyl (C=O) groups is 1. The number of aliphatic carboxylic acids is 1. The molecule has 0 radical (unpaired) electrons. The van der Waals surface area contributed by atoms with E-state index >= 15 is 0 Å². The Hall–Kier alpha value is -2.34. The van der Waals surface area contributed by atoms with Crippen LogP contribution in [0.2, 0.25) is 5.02 Å². The van der Waals surface area contributed by atoms with Gasteiger partial charge in [0.25, 0.3) is 0 Å². The number of carboxylic acid groups (broad SMARTS) is 1. The Bertz CT molecular complexity index is 908. The molecule has 3 rings (SSSR count). The standard InChI is InChI=1S/C20H19ClN2O2.ClH.H2O/c21-16-9-10-18-15(6-3-1-2-4-8-20(24)25)14-23(19(18)12-16)17-7-5-11-22-13-17;;/h1,3,5,7,9-14H,2,4,6,8H2,(H,24,25);1H;1H2. The highest BCUT2D eigenvalue weighted by atomic mass is 35.5. The molecule has 27 heavy (non-hydrogen) atoms. The van der Waals surface area contributed by atoms with Crippen molar-refractivity contribution in [3.63, 3.8) is 0 Å². The summed E-state index contributed by atoms with van der Waals surface area (Å²) in [5, 5.41) is 10.5. The van der Waals surface area contributed by atoms with Crippen LogP contribution < -0.4 is 0 Å². The van der Waals surface area contributed by atoms with Crippen LogP contribution in [0.3, 0.4) is 0 Å². The molecule has 0 aliphatic carbocycles. The fourth-order valence-corrected chi connectivity index (χ4v) is 3.01. The van der Waals surface area contributed by atoms with Crippen LogP contribution in [0.1, 0.15) is 24.8 Å². The van der Waals surface area contributed by atoms with Crippen molar-refractivity contribution in [2.45, 2.75) is 25.7 Å². The first-order valence-corrected chi connectivity index (χ1v) is 8.59. The molecule has 0 fully saturated rings. The number of rotatable bonds is 7. The van der Waals surface area contributed by atoms with Gasteiger partial charge in [-0.05, 0) is 49.1 Å². The lowest BCUT2D eigenvalue weighted by molar-refractivity contribution is -0.137. The van der Waals surface area contributed by atoms with Gasteiger partial charge in [0, 0.05) is 29.2 Å². The first kappa shape index (κ1) is 22.7. The Balaban J connectivity index is 0.00000182. The van der Waals surface area contributed by atoms with Crippen molar-refractivity contribution in [1.82, 2.24) is 9.55 Å². The van der Waals surface area contributed by atoms with Crippen LogP contribution in [0, 0.1) is 0 Å². The first-order valence-electron chi connectivity index (χ1n) is 8.22. The predicted octanol–water partition coefficient (Wildman–Crippen LogP) is 4.63. The minimum Gasteiger partial charge on any atom is -0.481 e. The quantitative estimate of drug-likeness (QED) is 0.456. The van der Waals surface area contributed by atoms with E-state index in [1.807, 2.05) is 42.6 Å². The second kappa shape index (κ2) is 10.7. The predicted molar refractivity (Wildman–Crippen MR) is 111 cm³/mol. The SMILES string of the molecule is Cl.O.O=C(O)CCCC=CCc1cn(-c2cccnc2)c2cc(Cl)ccc12. The average molecular weight is 409 g/mol. The summed E-state index contributed by atoms with van der Waals surface area (Å²) in [4.78, 5) is 14.7. The summed E-state index contributed by atoms with van der Waals surface area (Å²) in [5.74, 6) is -0.746. The maximum Gasteiger partial charge on any atom is 0.303 e. The zero-order valence-corrected chi connectivity index (χ0v) is 16.2. The highest BCUT2D eigenvalue weighted by Gasteiger charge is 2.09. The van der Waals surface area contributed by atoms with Gasteiger partial charge < -0.3 is 15.1 Å². The number of carboxylic acids is 1. The Labute approximate surface area is 169 Å². The minimum absolute atomic E-state index is 0. The van der Waals surface area contributed by atoms with Crippen molar-refractivity contribution < 1.29 is 15.4 Å². The fraction of sp³-hybridized carbons (Fsp3) is 0.200. The van der Waals surface area contributed by atoms with Crippen molar-refractivity contribution in [1.29, 1.82) is 0 Å². The third kappa shape index (κ3) is 5.82. The Kier molecular flexibility index (Phi) is 9.02. The fourth-order valence-electron chi connectivity index (χ4n) is 2.84. The molecule has 2 aromatic heterocycles. The Morgan fingerprint density at radius 3 is 2.78 bits per heavy atom. The molecule has 2 heterocycles. The average Bonchev–Trinajstić information content (AvgIpc) is 2.96. The van der Waals surface area contributed by atoms with Crippen molar-refractivity contribution >= 4 is 40.9 Å². The van der Waals surface area contributed by atoms with Gasteiger partial charge in [-0.2, -0.15) is 0 Å². The lowest BCUT2D eigenvalue weighted by Crippen LogP contribution is -1.92. The van der Waals surface area contributed by atoms with Crippen molar-refractivity contribution in [3.8, 4) is 5.69 Å². The molecular formula is C20H22Cl2N2O3. The van der Waals surface area contributed by atoms with Crippen LogP contribution >= 0.6 is 24.0 Å². The van der Waals surface area contributed by atoms with Crippen molar-refractivity contribution in [3.05, 3.63) is 71.7 Å². The van der Waals surface area contributed by atoms with E-state index in [1.165, 1.54) is 5.56 Å². The van der Waals surface area contributed by atoms with Gasteiger partial charge >= 0.3 is 5.97 Å². The van der Waals surface area contributed by atoms with Crippen molar-refractivity contribution in [2.75, 3.05) is 0 Å². The molecular weight excluding hydrogens is 387 g/mol. The molecule has 0 amide bonds. The van der Waals surface area contributed by atoms with Gasteiger partial charge in [0.1, 0.15) is 0 Å². The van der Waals surface area contributed by atoms with E-state index in [0.717, 1.165) is 29.4 Å². The second-order valence-electron chi connectivity index (χ2n) is 5.86. The molecule has 0 saturated carbocycles. The van der Waals surface area contributed by atoms with Gasteiger partial charge in [-0.25, -0.2) is 0 Å². The van der Waals surface area contributed by atoms with E-state index < -0.39 is 5.97 Å². The van der Waals surface area contributed by atoms with Gasteiger partial charge in [-0.3, -0.25) is 9.78 Å². The molecule has 0 aliphatic heterocycles. The number of halogens is 2. The number of pyridine rings is 1. The number of nitrogens with zero attached hydrogens (tertiary/aromatic N) is 2. The summed E-state index contributed by atoms with van der Waals surface area (Å²) in [6.07, 6.45) is 12.3. The van der Waals surface area contributed by atoms with Crippen LogP contribution in [-0.4, -0.2) is 26.1 Å². The molecule has 3 aromatic rings. The van der Waals surface area contributed by atoms with Gasteiger partial charge in [-0.1, -0.05) is 29.8 Å². The topological polar surface area (TPSA) is 86.6 Å². The first-order chi connectivity index (χ1) is 12.1. The molecule has 0 atom stereocenters. The summed E-state index contributed by atoms with van der Waals surface area (Å²) < 4.78 is 2.10. The normalized spacial score (nSPS) is 10.6. The number of allylic oxidation sites excluding steroid dienone is 2. The number of hydrogen-bond donors (Lipinski definition) is 1. The summed E-state index contributed by atoms with van der Waals surface area (Å²) in [7, 11) is 0. The van der Waals surface area contributed by atoms with E-state index in [1.54, 1.807) is 6.20 Å². The van der Waals surface area contributed by atoms with E-state index in [0.29, 0.717) is 11.4 Å². The van der Waals surface area contributed by atoms with Crippen LogP contribution in [0.25, 0.3) is 16.6 Å². The minimum atomic E-state index is -0.746.